The summed E-state index contributed by atoms with van der Waals surface area (Å²) in [5.74, 6) is 0.179. The van der Waals surface area contributed by atoms with E-state index in [2.05, 4.69) is 34.5 Å². The molecule has 0 amide bonds. The van der Waals surface area contributed by atoms with Crippen molar-refractivity contribution in [2.24, 2.45) is 0 Å². The first-order valence-corrected chi connectivity index (χ1v) is 9.08. The maximum absolute atomic E-state index is 12.9. The molecule has 3 rings (SSSR count). The third-order valence-electron chi connectivity index (χ3n) is 4.79. The number of allylic oxidation sites excluding steroid dienone is 2. The van der Waals surface area contributed by atoms with E-state index in [4.69, 9.17) is 0 Å². The minimum atomic E-state index is 0.179. The van der Waals surface area contributed by atoms with E-state index in [1.54, 1.807) is 0 Å². The zero-order chi connectivity index (χ0) is 18.5. The number of hydrogen-bond acceptors (Lipinski definition) is 3. The number of nitrogens with zero attached hydrogens (tertiary/aromatic N) is 1. The summed E-state index contributed by atoms with van der Waals surface area (Å²) in [5, 5.41) is 3.19. The van der Waals surface area contributed by atoms with Gasteiger partial charge in [0.2, 0.25) is 0 Å². The molecule has 2 aromatic rings. The highest BCUT2D eigenvalue weighted by Gasteiger charge is 2.20. The van der Waals surface area contributed by atoms with Crippen molar-refractivity contribution in [3.8, 4) is 0 Å². The molecule has 26 heavy (non-hydrogen) atoms. The minimum Gasteiger partial charge on any atom is -0.388 e. The number of anilines is 2. The lowest BCUT2D eigenvalue weighted by Crippen LogP contribution is -2.12. The van der Waals surface area contributed by atoms with Gasteiger partial charge in [0.1, 0.15) is 0 Å². The van der Waals surface area contributed by atoms with Crippen LogP contribution in [0, 0.1) is 0 Å². The van der Waals surface area contributed by atoms with E-state index in [0.29, 0.717) is 0 Å². The summed E-state index contributed by atoms with van der Waals surface area (Å²) in [6.45, 7) is 0. The molecular weight excluding hydrogens is 320 g/mol. The normalized spacial score (nSPS) is 17.6. The summed E-state index contributed by atoms with van der Waals surface area (Å²) >= 11 is 0. The maximum atomic E-state index is 12.9. The zero-order valence-corrected chi connectivity index (χ0v) is 15.8. The number of carbonyl (C=O) groups excluding carboxylic acids is 1. The topological polar surface area (TPSA) is 32.3 Å². The molecule has 1 fully saturated rings. The molecule has 3 nitrogen and oxygen atoms in total. The fourth-order valence-electron chi connectivity index (χ4n) is 3.29. The third-order valence-corrected chi connectivity index (χ3v) is 4.79. The Labute approximate surface area is 156 Å². The van der Waals surface area contributed by atoms with Crippen LogP contribution in [0.1, 0.15) is 30.4 Å². The largest absolute Gasteiger partial charge is 0.388 e. The molecule has 0 atom stereocenters. The SMILES string of the molecule is CNc1ccccc1C=C1CCCC(=Cc2ccc(N(C)C)cc2)C1=O. The summed E-state index contributed by atoms with van der Waals surface area (Å²) in [4.78, 5) is 15.0. The quantitative estimate of drug-likeness (QED) is 0.790. The van der Waals surface area contributed by atoms with Crippen LogP contribution in [0.5, 0.6) is 0 Å². The van der Waals surface area contributed by atoms with Crippen molar-refractivity contribution in [2.45, 2.75) is 19.3 Å². The van der Waals surface area contributed by atoms with Gasteiger partial charge in [-0.05, 0) is 60.7 Å². The van der Waals surface area contributed by atoms with Crippen LogP contribution in [0.4, 0.5) is 11.4 Å². The number of rotatable bonds is 4. The van der Waals surface area contributed by atoms with Crippen LogP contribution in [0.3, 0.4) is 0 Å². The summed E-state index contributed by atoms with van der Waals surface area (Å²) in [7, 11) is 5.96. The van der Waals surface area contributed by atoms with E-state index in [9.17, 15) is 4.79 Å². The zero-order valence-electron chi connectivity index (χ0n) is 15.8. The van der Waals surface area contributed by atoms with Crippen molar-refractivity contribution in [3.63, 3.8) is 0 Å². The van der Waals surface area contributed by atoms with Gasteiger partial charge in [-0.25, -0.2) is 0 Å². The Kier molecular flexibility index (Phi) is 5.57. The summed E-state index contributed by atoms with van der Waals surface area (Å²) < 4.78 is 0. The lowest BCUT2D eigenvalue weighted by atomic mass is 9.86. The molecule has 0 aliphatic heterocycles. The molecule has 1 aliphatic rings. The molecule has 0 saturated heterocycles. The number of ketones is 1. The Bertz CT molecular complexity index is 845. The van der Waals surface area contributed by atoms with Gasteiger partial charge in [0.05, 0.1) is 0 Å². The second-order valence-corrected chi connectivity index (χ2v) is 6.85. The van der Waals surface area contributed by atoms with E-state index in [-0.39, 0.29) is 5.78 Å². The Morgan fingerprint density at radius 3 is 2.23 bits per heavy atom. The number of nitrogens with one attached hydrogen (secondary N) is 1. The fraction of sp³-hybridized carbons (Fsp3) is 0.261. The molecule has 0 radical (unpaired) electrons. The molecule has 1 aliphatic carbocycles. The summed E-state index contributed by atoms with van der Waals surface area (Å²) in [5.41, 5.74) is 6.15. The predicted molar refractivity (Wildman–Crippen MR) is 112 cm³/mol. The molecule has 0 bridgehead atoms. The first kappa shape index (κ1) is 18.0. The molecule has 1 saturated carbocycles. The summed E-state index contributed by atoms with van der Waals surface area (Å²) in [6, 6.07) is 16.4. The van der Waals surface area contributed by atoms with E-state index in [1.165, 1.54) is 0 Å². The standard InChI is InChI=1S/C23H26N2O/c1-24-22-10-5-4-7-18(22)16-20-9-6-8-19(23(20)26)15-17-11-13-21(14-12-17)25(2)3/h4-5,7,10-16,24H,6,8-9H2,1-3H3. The fourth-order valence-corrected chi connectivity index (χ4v) is 3.29. The monoisotopic (exact) mass is 346 g/mol. The lowest BCUT2D eigenvalue weighted by Gasteiger charge is -2.17. The van der Waals surface area contributed by atoms with Gasteiger partial charge in [-0.2, -0.15) is 0 Å². The molecule has 1 N–H and O–H groups in total. The van der Waals surface area contributed by atoms with E-state index >= 15 is 0 Å². The van der Waals surface area contributed by atoms with Crippen molar-refractivity contribution >= 4 is 29.3 Å². The van der Waals surface area contributed by atoms with Crippen LogP contribution in [-0.4, -0.2) is 26.9 Å². The number of carbonyl (C=O) groups is 1. The highest BCUT2D eigenvalue weighted by Crippen LogP contribution is 2.29. The Balaban J connectivity index is 1.86. The smallest absolute Gasteiger partial charge is 0.185 e. The number of hydrogen-bond donors (Lipinski definition) is 1. The van der Waals surface area contributed by atoms with Gasteiger partial charge >= 0.3 is 0 Å². The summed E-state index contributed by atoms with van der Waals surface area (Å²) in [6.07, 6.45) is 6.78. The molecule has 0 spiro atoms. The average Bonchev–Trinajstić information content (AvgIpc) is 2.66. The van der Waals surface area contributed by atoms with E-state index in [1.807, 2.05) is 57.6 Å². The second kappa shape index (κ2) is 8.05. The van der Waals surface area contributed by atoms with Gasteiger partial charge in [0.15, 0.2) is 5.78 Å². The van der Waals surface area contributed by atoms with Crippen molar-refractivity contribution in [1.29, 1.82) is 0 Å². The Morgan fingerprint density at radius 2 is 1.58 bits per heavy atom. The lowest BCUT2D eigenvalue weighted by molar-refractivity contribution is -0.112. The van der Waals surface area contributed by atoms with Crippen LogP contribution in [-0.2, 0) is 4.79 Å². The van der Waals surface area contributed by atoms with Crippen LogP contribution >= 0.6 is 0 Å². The molecule has 0 unspecified atom stereocenters. The Hall–Kier alpha value is -2.81. The van der Waals surface area contributed by atoms with Gasteiger partial charge < -0.3 is 10.2 Å². The predicted octanol–water partition coefficient (Wildman–Crippen LogP) is 5.01. The van der Waals surface area contributed by atoms with Crippen molar-refractivity contribution in [1.82, 2.24) is 0 Å². The van der Waals surface area contributed by atoms with Gasteiger partial charge in [-0.1, -0.05) is 30.3 Å². The highest BCUT2D eigenvalue weighted by molar-refractivity contribution is 6.14. The van der Waals surface area contributed by atoms with Gasteiger partial charge in [0, 0.05) is 43.7 Å². The first-order chi connectivity index (χ1) is 12.6. The van der Waals surface area contributed by atoms with E-state index in [0.717, 1.165) is 52.9 Å². The van der Waals surface area contributed by atoms with Crippen LogP contribution in [0.15, 0.2) is 59.7 Å². The number of benzene rings is 2. The average molecular weight is 346 g/mol. The van der Waals surface area contributed by atoms with Crippen molar-refractivity contribution < 1.29 is 4.79 Å². The van der Waals surface area contributed by atoms with Crippen LogP contribution < -0.4 is 10.2 Å². The van der Waals surface area contributed by atoms with E-state index < -0.39 is 0 Å². The molecule has 2 aromatic carbocycles. The number of Topliss-reactive ketones (excluding diaryl/α,β-unsaturated/α-hetero) is 1. The molecule has 134 valence electrons. The van der Waals surface area contributed by atoms with Crippen LogP contribution in [0.25, 0.3) is 12.2 Å². The molecule has 0 heterocycles. The first-order valence-electron chi connectivity index (χ1n) is 9.08. The van der Waals surface area contributed by atoms with Gasteiger partial charge in [-0.3, -0.25) is 4.79 Å². The Morgan fingerprint density at radius 1 is 0.923 bits per heavy atom. The third kappa shape index (κ3) is 4.05. The maximum Gasteiger partial charge on any atom is 0.185 e. The van der Waals surface area contributed by atoms with Crippen molar-refractivity contribution in [2.75, 3.05) is 31.4 Å². The minimum absolute atomic E-state index is 0.179. The van der Waals surface area contributed by atoms with Gasteiger partial charge in [-0.15, -0.1) is 0 Å². The molecule has 0 aromatic heterocycles. The number of para-hydroxylation sites is 1. The van der Waals surface area contributed by atoms with Crippen LogP contribution in [0.2, 0.25) is 0 Å². The molecular formula is C23H26N2O. The second-order valence-electron chi connectivity index (χ2n) is 6.85. The molecule has 3 heteroatoms. The van der Waals surface area contributed by atoms with Gasteiger partial charge in [0.25, 0.3) is 0 Å². The highest BCUT2D eigenvalue weighted by atomic mass is 16.1. The van der Waals surface area contributed by atoms with Crippen molar-refractivity contribution in [3.05, 3.63) is 70.8 Å².